The van der Waals surface area contributed by atoms with Crippen LogP contribution in [-0.4, -0.2) is 23.7 Å². The van der Waals surface area contributed by atoms with Crippen LogP contribution in [0.2, 0.25) is 5.02 Å². The van der Waals surface area contributed by atoms with E-state index in [-0.39, 0.29) is 23.4 Å². The molecule has 2 aromatic rings. The summed E-state index contributed by atoms with van der Waals surface area (Å²) in [5, 5.41) is 5.33. The minimum Gasteiger partial charge on any atom is -0.462 e. The summed E-state index contributed by atoms with van der Waals surface area (Å²) in [7, 11) is 0. The molecule has 0 unspecified atom stereocenters. The van der Waals surface area contributed by atoms with Gasteiger partial charge in [-0.05, 0) is 117 Å². The Morgan fingerprint density at radius 3 is 2.50 bits per heavy atom. The van der Waals surface area contributed by atoms with E-state index >= 15 is 0 Å². The van der Waals surface area contributed by atoms with Gasteiger partial charge in [-0.2, -0.15) is 5.10 Å². The van der Waals surface area contributed by atoms with Crippen LogP contribution in [0.4, 0.5) is 0 Å². The molecule has 1 amide bonds. The van der Waals surface area contributed by atoms with Crippen LogP contribution in [0.15, 0.2) is 59.7 Å². The van der Waals surface area contributed by atoms with E-state index in [2.05, 4.69) is 19.3 Å². The maximum absolute atomic E-state index is 12.7. The van der Waals surface area contributed by atoms with Crippen molar-refractivity contribution < 1.29 is 14.3 Å². The van der Waals surface area contributed by atoms with Gasteiger partial charge in [0.15, 0.2) is 0 Å². The zero-order valence-corrected chi connectivity index (χ0v) is 24.5. The van der Waals surface area contributed by atoms with Gasteiger partial charge in [0.2, 0.25) is 0 Å². The topological polar surface area (TPSA) is 67.8 Å². The van der Waals surface area contributed by atoms with Crippen LogP contribution in [0, 0.1) is 34.5 Å². The molecule has 4 saturated carbocycles. The van der Waals surface area contributed by atoms with E-state index in [4.69, 9.17) is 21.4 Å². The number of fused-ring (bicyclic) bond motifs is 5. The molecule has 6 heteroatoms. The molecule has 0 bridgehead atoms. The standard InChI is InChI=1S/C34H41ClN2O3/c1-33-18-16-26(40-31(38)20-22-6-4-3-5-7-22)21-24(33)10-13-27-28-14-15-30(34(28,2)19-17-29(27)33)36-37-32(39)23-8-11-25(35)12-9-23/h3-9,11-12,24,26-29H,10,13-21H2,1-2H3,(H,37,39)/t24-,26-,27-,28-,29-,33-,34-/m0/s1. The fourth-order valence-electron chi connectivity index (χ4n) is 9.07. The summed E-state index contributed by atoms with van der Waals surface area (Å²) in [6.45, 7) is 4.93. The number of nitrogens with one attached hydrogen (secondary N) is 1. The van der Waals surface area contributed by atoms with Crippen LogP contribution >= 0.6 is 11.6 Å². The fourth-order valence-corrected chi connectivity index (χ4v) is 9.20. The number of ether oxygens (including phenoxy) is 1. The van der Waals surface area contributed by atoms with Crippen molar-refractivity contribution in [3.63, 3.8) is 0 Å². The molecular weight excluding hydrogens is 520 g/mol. The third-order valence-electron chi connectivity index (χ3n) is 11.2. The molecule has 0 saturated heterocycles. The van der Waals surface area contributed by atoms with E-state index in [0.717, 1.165) is 44.1 Å². The lowest BCUT2D eigenvalue weighted by Gasteiger charge is -2.60. The van der Waals surface area contributed by atoms with E-state index < -0.39 is 0 Å². The van der Waals surface area contributed by atoms with Crippen molar-refractivity contribution in [1.29, 1.82) is 0 Å². The maximum atomic E-state index is 12.7. The Bertz CT molecular complexity index is 1280. The number of hydrogen-bond acceptors (Lipinski definition) is 4. The molecule has 1 N–H and O–H groups in total. The first-order valence-corrected chi connectivity index (χ1v) is 15.5. The van der Waals surface area contributed by atoms with Crippen LogP contribution in [0.5, 0.6) is 0 Å². The second-order valence-corrected chi connectivity index (χ2v) is 13.6. The number of halogens is 1. The van der Waals surface area contributed by atoms with Crippen LogP contribution < -0.4 is 5.43 Å². The number of carbonyl (C=O) groups excluding carboxylic acids is 2. The van der Waals surface area contributed by atoms with E-state index in [1.165, 1.54) is 25.0 Å². The summed E-state index contributed by atoms with van der Waals surface area (Å²) in [6.07, 6.45) is 10.5. The van der Waals surface area contributed by atoms with Crippen molar-refractivity contribution in [2.75, 3.05) is 0 Å². The first-order chi connectivity index (χ1) is 19.3. The minimum atomic E-state index is -0.181. The number of hydrogen-bond donors (Lipinski definition) is 1. The summed E-state index contributed by atoms with van der Waals surface area (Å²) in [5.41, 5.74) is 5.97. The first kappa shape index (κ1) is 27.5. The summed E-state index contributed by atoms with van der Waals surface area (Å²) in [4.78, 5) is 25.4. The van der Waals surface area contributed by atoms with Crippen molar-refractivity contribution in [2.24, 2.45) is 39.6 Å². The zero-order chi connectivity index (χ0) is 27.9. The molecule has 0 spiro atoms. The van der Waals surface area contributed by atoms with Gasteiger partial charge in [0.25, 0.3) is 5.91 Å². The average Bonchev–Trinajstić information content (AvgIpc) is 3.29. The fraction of sp³-hybridized carbons (Fsp3) is 0.559. The van der Waals surface area contributed by atoms with Crippen molar-refractivity contribution in [3.05, 3.63) is 70.7 Å². The van der Waals surface area contributed by atoms with Gasteiger partial charge in [-0.1, -0.05) is 55.8 Å². The summed E-state index contributed by atoms with van der Waals surface area (Å²) < 4.78 is 6.01. The van der Waals surface area contributed by atoms with Crippen LogP contribution in [0.1, 0.15) is 87.6 Å². The molecular formula is C34H41ClN2O3. The molecule has 7 atom stereocenters. The highest BCUT2D eigenvalue weighted by molar-refractivity contribution is 6.30. The van der Waals surface area contributed by atoms with Crippen molar-refractivity contribution in [1.82, 2.24) is 5.43 Å². The van der Waals surface area contributed by atoms with E-state index in [0.29, 0.717) is 46.1 Å². The van der Waals surface area contributed by atoms with Crippen molar-refractivity contribution in [3.8, 4) is 0 Å². The lowest BCUT2D eigenvalue weighted by atomic mass is 9.45. The molecule has 0 aromatic heterocycles. The molecule has 0 heterocycles. The quantitative estimate of drug-likeness (QED) is 0.302. The number of carbonyl (C=O) groups is 2. The number of nitrogens with zero attached hydrogens (tertiary/aromatic N) is 1. The lowest BCUT2D eigenvalue weighted by molar-refractivity contribution is -0.159. The monoisotopic (exact) mass is 560 g/mol. The van der Waals surface area contributed by atoms with E-state index in [9.17, 15) is 9.59 Å². The Balaban J connectivity index is 1.09. The molecule has 2 aromatic carbocycles. The Morgan fingerprint density at radius 2 is 1.73 bits per heavy atom. The summed E-state index contributed by atoms with van der Waals surface area (Å²) in [5.74, 6) is 2.39. The highest BCUT2D eigenvalue weighted by Gasteiger charge is 2.59. The van der Waals surface area contributed by atoms with Crippen molar-refractivity contribution >= 4 is 29.2 Å². The Hall–Kier alpha value is -2.66. The molecule has 212 valence electrons. The molecule has 40 heavy (non-hydrogen) atoms. The van der Waals surface area contributed by atoms with Gasteiger partial charge in [-0.25, -0.2) is 5.43 Å². The van der Waals surface area contributed by atoms with Gasteiger partial charge < -0.3 is 4.74 Å². The zero-order valence-electron chi connectivity index (χ0n) is 23.7. The minimum absolute atomic E-state index is 0.0501. The first-order valence-electron chi connectivity index (χ1n) is 15.1. The third-order valence-corrected chi connectivity index (χ3v) is 11.5. The molecule has 4 fully saturated rings. The Morgan fingerprint density at radius 1 is 0.950 bits per heavy atom. The van der Waals surface area contributed by atoms with Crippen LogP contribution in [0.25, 0.3) is 0 Å². The maximum Gasteiger partial charge on any atom is 0.310 e. The molecule has 4 aliphatic carbocycles. The van der Waals surface area contributed by atoms with Crippen LogP contribution in [0.3, 0.4) is 0 Å². The van der Waals surface area contributed by atoms with Gasteiger partial charge in [-0.15, -0.1) is 0 Å². The van der Waals surface area contributed by atoms with Gasteiger partial charge in [-0.3, -0.25) is 9.59 Å². The van der Waals surface area contributed by atoms with E-state index in [1.807, 2.05) is 30.3 Å². The van der Waals surface area contributed by atoms with Gasteiger partial charge in [0, 0.05) is 21.7 Å². The molecule has 5 nitrogen and oxygen atoms in total. The number of rotatable bonds is 5. The number of amides is 1. The van der Waals surface area contributed by atoms with E-state index in [1.54, 1.807) is 24.3 Å². The average molecular weight is 561 g/mol. The number of benzene rings is 2. The number of esters is 1. The number of hydrazone groups is 1. The lowest BCUT2D eigenvalue weighted by Crippen LogP contribution is -2.54. The highest BCUT2D eigenvalue weighted by Crippen LogP contribution is 2.65. The molecule has 0 radical (unpaired) electrons. The molecule has 6 rings (SSSR count). The van der Waals surface area contributed by atoms with Gasteiger partial charge in [0.05, 0.1) is 6.42 Å². The van der Waals surface area contributed by atoms with Gasteiger partial charge >= 0.3 is 5.97 Å². The largest absolute Gasteiger partial charge is 0.462 e. The van der Waals surface area contributed by atoms with Gasteiger partial charge in [0.1, 0.15) is 6.10 Å². The normalized spacial score (nSPS) is 35.8. The summed E-state index contributed by atoms with van der Waals surface area (Å²) in [6, 6.07) is 16.8. The second-order valence-electron chi connectivity index (χ2n) is 13.2. The van der Waals surface area contributed by atoms with Crippen molar-refractivity contribution in [2.45, 2.75) is 84.2 Å². The van der Waals surface area contributed by atoms with Crippen LogP contribution in [-0.2, 0) is 16.0 Å². The Labute approximate surface area is 243 Å². The second kappa shape index (κ2) is 11.0. The molecule has 4 aliphatic rings. The third kappa shape index (κ3) is 5.11. The smallest absolute Gasteiger partial charge is 0.310 e. The molecule has 0 aliphatic heterocycles. The highest BCUT2D eigenvalue weighted by atomic mass is 35.5. The Kier molecular flexibility index (Phi) is 7.54. The SMILES string of the molecule is C[C@]12CC[C@H](OC(=O)Cc3ccccc3)C[C@@H]1CC[C@@H]1[C@@H]2CC[C@]2(C)C(=NNC(=O)c3ccc(Cl)cc3)CC[C@@H]12. The summed E-state index contributed by atoms with van der Waals surface area (Å²) >= 11 is 5.98. The predicted molar refractivity (Wildman–Crippen MR) is 158 cm³/mol. The predicted octanol–water partition coefficient (Wildman–Crippen LogP) is 7.62.